The van der Waals surface area contributed by atoms with Crippen LogP contribution in [0, 0.1) is 13.8 Å². The molecule has 3 aromatic carbocycles. The molecule has 9 nitrogen and oxygen atoms in total. The summed E-state index contributed by atoms with van der Waals surface area (Å²) >= 11 is 0. The van der Waals surface area contributed by atoms with Crippen LogP contribution in [0.3, 0.4) is 0 Å². The molecule has 0 amide bonds. The Labute approximate surface area is 316 Å². The second-order valence-electron chi connectivity index (χ2n) is 13.5. The molecule has 0 aliphatic carbocycles. The summed E-state index contributed by atoms with van der Waals surface area (Å²) in [5, 5.41) is 0. The largest absolute Gasteiger partial charge is 0.306 e. The summed E-state index contributed by atoms with van der Waals surface area (Å²) < 4.78 is 6.49. The predicted octanol–water partition coefficient (Wildman–Crippen LogP) is 10.0. The van der Waals surface area contributed by atoms with Gasteiger partial charge in [0.1, 0.15) is 22.7 Å². The molecule has 0 fully saturated rings. The van der Waals surface area contributed by atoms with Gasteiger partial charge in [0.25, 0.3) is 0 Å². The average Bonchev–Trinajstić information content (AvgIpc) is 3.97. The fourth-order valence-corrected chi connectivity index (χ4v) is 7.41. The fraction of sp³-hybridized carbons (Fsp3) is 0.0435. The second kappa shape index (κ2) is 13.2. The van der Waals surface area contributed by atoms with Crippen molar-refractivity contribution in [1.82, 2.24) is 43.6 Å². The van der Waals surface area contributed by atoms with Crippen molar-refractivity contribution in [3.05, 3.63) is 176 Å². The number of imidazole rings is 2. The van der Waals surface area contributed by atoms with Crippen molar-refractivity contribution in [1.29, 1.82) is 0 Å². The maximum absolute atomic E-state index is 5.13. The predicted molar refractivity (Wildman–Crippen MR) is 217 cm³/mol. The maximum atomic E-state index is 5.13. The highest BCUT2D eigenvalue weighted by Crippen LogP contribution is 2.37. The van der Waals surface area contributed by atoms with Crippen molar-refractivity contribution in [2.24, 2.45) is 0 Å². The summed E-state index contributed by atoms with van der Waals surface area (Å²) in [7, 11) is 0. The highest BCUT2D eigenvalue weighted by atomic mass is 15.1. The van der Waals surface area contributed by atoms with Crippen molar-refractivity contribution >= 4 is 22.1 Å². The lowest BCUT2D eigenvalue weighted by Gasteiger charge is -2.16. The lowest BCUT2D eigenvalue weighted by Crippen LogP contribution is -2.04. The molecule has 0 saturated carbocycles. The Hall–Kier alpha value is -7.52. The zero-order chi connectivity index (χ0) is 36.9. The van der Waals surface area contributed by atoms with E-state index in [1.807, 2.05) is 99.8 Å². The van der Waals surface area contributed by atoms with E-state index in [-0.39, 0.29) is 0 Å². The standard InChI is InChI=1S/C46H33N9/c1-30-47-17-19-53(30)38-25-39(54-20-18-48-31(54)2)27-40(26-38)55-43-23-36(32-9-7-11-34(21-32)41-13-3-5-15-49-41)28-51-45(43)46-44(55)24-37(29-52-46)33-10-8-12-35(22-33)42-14-4-6-16-50-42/h3-29H,1-2H3. The summed E-state index contributed by atoms with van der Waals surface area (Å²) in [5.74, 6) is 1.78. The van der Waals surface area contributed by atoms with Gasteiger partial charge in [-0.25, -0.2) is 9.97 Å². The first-order valence-corrected chi connectivity index (χ1v) is 18.1. The average molecular weight is 712 g/mol. The summed E-state index contributed by atoms with van der Waals surface area (Å²) in [4.78, 5) is 28.6. The topological polar surface area (TPSA) is 92.1 Å². The first kappa shape index (κ1) is 32.2. The van der Waals surface area contributed by atoms with Gasteiger partial charge >= 0.3 is 0 Å². The van der Waals surface area contributed by atoms with Gasteiger partial charge in [0.05, 0.1) is 39.5 Å². The Morgan fingerprint density at radius 3 is 1.29 bits per heavy atom. The molecular weight excluding hydrogens is 679 g/mol. The third kappa shape index (κ3) is 5.75. The number of hydrogen-bond acceptors (Lipinski definition) is 6. The minimum Gasteiger partial charge on any atom is -0.306 e. The second-order valence-corrected chi connectivity index (χ2v) is 13.5. The van der Waals surface area contributed by atoms with Crippen LogP contribution in [0.5, 0.6) is 0 Å². The molecular formula is C46H33N9. The van der Waals surface area contributed by atoms with Gasteiger partial charge in [0.2, 0.25) is 0 Å². The number of rotatable bonds is 7. The highest BCUT2D eigenvalue weighted by Gasteiger charge is 2.19. The molecule has 0 aliphatic rings. The van der Waals surface area contributed by atoms with Crippen LogP contribution in [0.4, 0.5) is 0 Å². The van der Waals surface area contributed by atoms with Gasteiger partial charge in [0, 0.05) is 71.8 Å². The van der Waals surface area contributed by atoms with E-state index in [4.69, 9.17) is 9.97 Å². The molecule has 7 aromatic heterocycles. The van der Waals surface area contributed by atoms with Crippen LogP contribution in [0.2, 0.25) is 0 Å². The van der Waals surface area contributed by atoms with E-state index in [0.29, 0.717) is 0 Å². The molecule has 262 valence electrons. The molecule has 0 aliphatic heterocycles. The van der Waals surface area contributed by atoms with Crippen LogP contribution in [0.1, 0.15) is 11.6 Å². The number of aryl methyl sites for hydroxylation is 2. The summed E-state index contributed by atoms with van der Waals surface area (Å²) in [6, 6.07) is 39.9. The summed E-state index contributed by atoms with van der Waals surface area (Å²) in [6.45, 7) is 4.03. The van der Waals surface area contributed by atoms with Crippen molar-refractivity contribution in [3.8, 4) is 61.8 Å². The van der Waals surface area contributed by atoms with Crippen LogP contribution >= 0.6 is 0 Å². The molecule has 9 heteroatoms. The van der Waals surface area contributed by atoms with Gasteiger partial charge in [-0.1, -0.05) is 48.5 Å². The van der Waals surface area contributed by atoms with Gasteiger partial charge < -0.3 is 13.7 Å². The van der Waals surface area contributed by atoms with Gasteiger partial charge in [0.15, 0.2) is 0 Å². The van der Waals surface area contributed by atoms with E-state index in [1.165, 1.54) is 0 Å². The number of nitrogens with zero attached hydrogens (tertiary/aromatic N) is 9. The zero-order valence-electron chi connectivity index (χ0n) is 30.1. The molecule has 0 saturated heterocycles. The van der Waals surface area contributed by atoms with Crippen molar-refractivity contribution in [2.75, 3.05) is 0 Å². The molecule has 0 spiro atoms. The van der Waals surface area contributed by atoms with Gasteiger partial charge in [-0.15, -0.1) is 0 Å². The Morgan fingerprint density at radius 2 is 0.855 bits per heavy atom. The van der Waals surface area contributed by atoms with Crippen LogP contribution in [-0.4, -0.2) is 43.6 Å². The smallest absolute Gasteiger partial charge is 0.115 e. The van der Waals surface area contributed by atoms with Crippen molar-refractivity contribution < 1.29 is 0 Å². The monoisotopic (exact) mass is 711 g/mol. The van der Waals surface area contributed by atoms with E-state index >= 15 is 0 Å². The maximum Gasteiger partial charge on any atom is 0.115 e. The molecule has 0 atom stereocenters. The van der Waals surface area contributed by atoms with Gasteiger partial charge in [-0.2, -0.15) is 0 Å². The summed E-state index contributed by atoms with van der Waals surface area (Å²) in [5.41, 5.74) is 14.4. The quantitative estimate of drug-likeness (QED) is 0.163. The molecule has 10 aromatic rings. The molecule has 0 radical (unpaired) electrons. The number of aromatic nitrogens is 9. The third-order valence-corrected chi connectivity index (χ3v) is 10.1. The number of pyridine rings is 4. The normalized spacial score (nSPS) is 11.5. The third-order valence-electron chi connectivity index (χ3n) is 10.1. The van der Waals surface area contributed by atoms with Crippen molar-refractivity contribution in [2.45, 2.75) is 13.8 Å². The minimum absolute atomic E-state index is 0.818. The fourth-order valence-electron chi connectivity index (χ4n) is 7.41. The number of fused-ring (bicyclic) bond motifs is 3. The summed E-state index contributed by atoms with van der Waals surface area (Å²) in [6.07, 6.45) is 15.2. The Balaban J connectivity index is 1.23. The van der Waals surface area contributed by atoms with Crippen LogP contribution in [-0.2, 0) is 0 Å². The van der Waals surface area contributed by atoms with E-state index in [9.17, 15) is 0 Å². The molecule has 0 N–H and O–H groups in total. The Kier molecular flexibility index (Phi) is 7.69. The first-order valence-electron chi connectivity index (χ1n) is 18.1. The Bertz CT molecular complexity index is 2810. The molecule has 0 bridgehead atoms. The van der Waals surface area contributed by atoms with Gasteiger partial charge in [-0.05, 0) is 91.7 Å². The SMILES string of the molecule is Cc1nccn1-c1cc(-n2ccnc2C)cc(-n2c3cc(-c4cccc(-c5ccccn5)c4)cnc3c3ncc(-c4cccc(-c5ccccn5)c4)cc32)c1. The van der Waals surface area contributed by atoms with Gasteiger partial charge in [-0.3, -0.25) is 19.9 Å². The zero-order valence-corrected chi connectivity index (χ0v) is 30.1. The van der Waals surface area contributed by atoms with E-state index in [0.717, 1.165) is 95.5 Å². The van der Waals surface area contributed by atoms with E-state index in [1.54, 1.807) is 0 Å². The lowest BCUT2D eigenvalue weighted by atomic mass is 10.0. The first-order chi connectivity index (χ1) is 27.1. The lowest BCUT2D eigenvalue weighted by molar-refractivity contribution is 0.943. The molecule has 0 unspecified atom stereocenters. The number of benzene rings is 3. The van der Waals surface area contributed by atoms with E-state index < -0.39 is 0 Å². The van der Waals surface area contributed by atoms with Crippen LogP contribution in [0.15, 0.2) is 165 Å². The molecule has 7 heterocycles. The molecule has 10 rings (SSSR count). The minimum atomic E-state index is 0.818. The van der Waals surface area contributed by atoms with Crippen LogP contribution < -0.4 is 0 Å². The van der Waals surface area contributed by atoms with Crippen molar-refractivity contribution in [3.63, 3.8) is 0 Å². The highest BCUT2D eigenvalue weighted by molar-refractivity contribution is 6.06. The number of hydrogen-bond donors (Lipinski definition) is 0. The van der Waals surface area contributed by atoms with E-state index in [2.05, 4.69) is 112 Å². The Morgan fingerprint density at radius 1 is 0.382 bits per heavy atom. The van der Waals surface area contributed by atoms with Crippen LogP contribution in [0.25, 0.3) is 83.9 Å². The molecule has 55 heavy (non-hydrogen) atoms.